The lowest BCUT2D eigenvalue weighted by Gasteiger charge is -2.11. The minimum absolute atomic E-state index is 0.203. The number of hydrogen-bond donors (Lipinski definition) is 1. The molecule has 0 saturated heterocycles. The number of nitrogens with two attached hydrogens (primary N) is 1. The van der Waals surface area contributed by atoms with Gasteiger partial charge >= 0.3 is 6.36 Å². The van der Waals surface area contributed by atoms with E-state index in [1.807, 2.05) is 0 Å². The smallest absolute Gasteiger partial charge is 0.488 e. The Balaban J connectivity index is 1.99. The summed E-state index contributed by atoms with van der Waals surface area (Å²) in [6, 6.07) is 10.7. The zero-order chi connectivity index (χ0) is 15.5. The quantitative estimate of drug-likeness (QED) is 0.814. The molecule has 2 aromatic carbocycles. The second kappa shape index (κ2) is 6.26. The molecule has 3 nitrogen and oxygen atoms in total. The van der Waals surface area contributed by atoms with Gasteiger partial charge in [0.1, 0.15) is 18.1 Å². The van der Waals surface area contributed by atoms with Crippen LogP contribution in [-0.2, 0) is 6.61 Å². The van der Waals surface area contributed by atoms with E-state index in [0.717, 1.165) is 0 Å². The zero-order valence-electron chi connectivity index (χ0n) is 10.7. The molecule has 0 radical (unpaired) electrons. The molecule has 7 heteroatoms. The lowest BCUT2D eigenvalue weighted by molar-refractivity contribution is -0.274. The molecule has 21 heavy (non-hydrogen) atoms. The maximum absolute atomic E-state index is 12.0. The summed E-state index contributed by atoms with van der Waals surface area (Å²) in [5.41, 5.74) is 6.97. The van der Waals surface area contributed by atoms with Crippen LogP contribution in [0.3, 0.4) is 0 Å². The van der Waals surface area contributed by atoms with Crippen LogP contribution in [0.2, 0.25) is 0 Å². The highest BCUT2D eigenvalue weighted by Gasteiger charge is 2.30. The summed E-state index contributed by atoms with van der Waals surface area (Å²) in [6.45, 7) is 0.203. The van der Waals surface area contributed by atoms with Crippen LogP contribution >= 0.6 is 15.9 Å². The van der Waals surface area contributed by atoms with Gasteiger partial charge in [0.15, 0.2) is 0 Å². The lowest BCUT2D eigenvalue weighted by Crippen LogP contribution is -2.17. The summed E-state index contributed by atoms with van der Waals surface area (Å²) in [5, 5.41) is 0. The predicted octanol–water partition coefficient (Wildman–Crippen LogP) is 4.51. The Morgan fingerprint density at radius 3 is 2.33 bits per heavy atom. The third kappa shape index (κ3) is 4.56. The van der Waals surface area contributed by atoms with Gasteiger partial charge in [0.25, 0.3) is 0 Å². The van der Waals surface area contributed by atoms with E-state index in [1.165, 1.54) is 24.3 Å². The fourth-order valence-electron chi connectivity index (χ4n) is 1.59. The maximum atomic E-state index is 12.0. The van der Waals surface area contributed by atoms with Crippen LogP contribution in [0.1, 0.15) is 5.56 Å². The Morgan fingerprint density at radius 1 is 1.05 bits per heavy atom. The van der Waals surface area contributed by atoms with Gasteiger partial charge in [0, 0.05) is 5.69 Å². The molecule has 0 spiro atoms. The molecule has 0 aromatic heterocycles. The second-order valence-corrected chi connectivity index (χ2v) is 4.93. The number of benzene rings is 2. The summed E-state index contributed by atoms with van der Waals surface area (Å²) in [5.74, 6) is 0.294. The molecular weight excluding hydrogens is 351 g/mol. The Morgan fingerprint density at radius 2 is 1.71 bits per heavy atom. The number of rotatable bonds is 4. The minimum Gasteiger partial charge on any atom is -0.488 e. The average molecular weight is 362 g/mol. The van der Waals surface area contributed by atoms with E-state index in [9.17, 15) is 13.2 Å². The molecule has 0 aliphatic rings. The van der Waals surface area contributed by atoms with Crippen molar-refractivity contribution in [2.24, 2.45) is 0 Å². The van der Waals surface area contributed by atoms with Crippen molar-refractivity contribution in [3.8, 4) is 11.5 Å². The zero-order valence-corrected chi connectivity index (χ0v) is 12.2. The van der Waals surface area contributed by atoms with E-state index in [2.05, 4.69) is 20.7 Å². The highest BCUT2D eigenvalue weighted by Crippen LogP contribution is 2.31. The first-order valence-electron chi connectivity index (χ1n) is 5.86. The van der Waals surface area contributed by atoms with Gasteiger partial charge in [-0.3, -0.25) is 0 Å². The molecule has 112 valence electrons. The molecule has 0 saturated carbocycles. The van der Waals surface area contributed by atoms with E-state index in [4.69, 9.17) is 10.5 Å². The van der Waals surface area contributed by atoms with Crippen molar-refractivity contribution in [2.45, 2.75) is 13.0 Å². The van der Waals surface area contributed by atoms with Crippen molar-refractivity contribution in [1.29, 1.82) is 0 Å². The predicted molar refractivity (Wildman–Crippen MR) is 76.0 cm³/mol. The van der Waals surface area contributed by atoms with Crippen molar-refractivity contribution < 1.29 is 22.6 Å². The Labute approximate surface area is 127 Å². The fraction of sp³-hybridized carbons (Fsp3) is 0.143. The molecule has 2 N–H and O–H groups in total. The maximum Gasteiger partial charge on any atom is 0.573 e. The van der Waals surface area contributed by atoms with E-state index in [1.54, 1.807) is 18.2 Å². The fourth-order valence-corrected chi connectivity index (χ4v) is 1.97. The number of hydrogen-bond acceptors (Lipinski definition) is 3. The summed E-state index contributed by atoms with van der Waals surface area (Å²) < 4.78 is 46.1. The molecule has 0 heterocycles. The van der Waals surface area contributed by atoms with Crippen LogP contribution in [0.4, 0.5) is 18.9 Å². The van der Waals surface area contributed by atoms with Gasteiger partial charge in [-0.1, -0.05) is 18.2 Å². The van der Waals surface area contributed by atoms with E-state index in [-0.39, 0.29) is 12.4 Å². The number of alkyl halides is 3. The third-order valence-electron chi connectivity index (χ3n) is 2.54. The number of anilines is 1. The molecule has 2 rings (SSSR count). The van der Waals surface area contributed by atoms with Crippen LogP contribution < -0.4 is 15.2 Å². The molecule has 0 aliphatic heterocycles. The topological polar surface area (TPSA) is 44.5 Å². The highest BCUT2D eigenvalue weighted by molar-refractivity contribution is 9.10. The molecule has 0 unspecified atom stereocenters. The minimum atomic E-state index is -4.69. The molecule has 0 aliphatic carbocycles. The lowest BCUT2D eigenvalue weighted by atomic mass is 10.2. The average Bonchev–Trinajstić information content (AvgIpc) is 2.40. The van der Waals surface area contributed by atoms with Gasteiger partial charge in [-0.15, -0.1) is 13.2 Å². The van der Waals surface area contributed by atoms with Crippen molar-refractivity contribution in [3.63, 3.8) is 0 Å². The SMILES string of the molecule is Nc1cccc(OCc2ccc(OC(F)(F)F)cc2)c1Br. The van der Waals surface area contributed by atoms with Crippen molar-refractivity contribution >= 4 is 21.6 Å². The van der Waals surface area contributed by atoms with E-state index < -0.39 is 6.36 Å². The molecule has 0 amide bonds. The van der Waals surface area contributed by atoms with Crippen LogP contribution in [0.5, 0.6) is 11.5 Å². The Kier molecular flexibility index (Phi) is 4.62. The standard InChI is InChI=1S/C14H11BrF3NO2/c15-13-11(19)2-1-3-12(13)20-8-9-4-6-10(7-5-9)21-14(16,17)18/h1-7H,8,19H2. The third-order valence-corrected chi connectivity index (χ3v) is 3.39. The normalized spacial score (nSPS) is 11.2. The van der Waals surface area contributed by atoms with Gasteiger partial charge < -0.3 is 15.2 Å². The van der Waals surface area contributed by atoms with Gasteiger partial charge in [-0.05, 0) is 45.8 Å². The van der Waals surface area contributed by atoms with Crippen molar-refractivity contribution in [1.82, 2.24) is 0 Å². The van der Waals surface area contributed by atoms with Crippen LogP contribution in [0.25, 0.3) is 0 Å². The number of halogens is 4. The number of ether oxygens (including phenoxy) is 2. The Bertz CT molecular complexity index is 615. The van der Waals surface area contributed by atoms with E-state index in [0.29, 0.717) is 21.5 Å². The first kappa shape index (κ1) is 15.5. The second-order valence-electron chi connectivity index (χ2n) is 4.14. The van der Waals surface area contributed by atoms with Crippen molar-refractivity contribution in [2.75, 3.05) is 5.73 Å². The Hall–Kier alpha value is -1.89. The van der Waals surface area contributed by atoms with Gasteiger partial charge in [0.05, 0.1) is 4.47 Å². The van der Waals surface area contributed by atoms with Gasteiger partial charge in [0.2, 0.25) is 0 Å². The van der Waals surface area contributed by atoms with Gasteiger partial charge in [-0.25, -0.2) is 0 Å². The first-order chi connectivity index (χ1) is 9.85. The van der Waals surface area contributed by atoms with Gasteiger partial charge in [-0.2, -0.15) is 0 Å². The molecule has 0 atom stereocenters. The van der Waals surface area contributed by atoms with Crippen LogP contribution in [0.15, 0.2) is 46.9 Å². The molecule has 0 bridgehead atoms. The molecule has 2 aromatic rings. The molecule has 0 fully saturated rings. The summed E-state index contributed by atoms with van der Waals surface area (Å²) >= 11 is 3.30. The number of nitrogen functional groups attached to an aromatic ring is 1. The highest BCUT2D eigenvalue weighted by atomic mass is 79.9. The largest absolute Gasteiger partial charge is 0.573 e. The summed E-state index contributed by atoms with van der Waals surface area (Å²) in [6.07, 6.45) is -4.69. The van der Waals surface area contributed by atoms with E-state index >= 15 is 0 Å². The monoisotopic (exact) mass is 361 g/mol. The van der Waals surface area contributed by atoms with Crippen LogP contribution in [0, 0.1) is 0 Å². The van der Waals surface area contributed by atoms with Crippen molar-refractivity contribution in [3.05, 3.63) is 52.5 Å². The molecular formula is C14H11BrF3NO2. The van der Waals surface area contributed by atoms with Crippen LogP contribution in [-0.4, -0.2) is 6.36 Å². The summed E-state index contributed by atoms with van der Waals surface area (Å²) in [4.78, 5) is 0. The summed E-state index contributed by atoms with van der Waals surface area (Å²) in [7, 11) is 0. The first-order valence-corrected chi connectivity index (χ1v) is 6.66.